The van der Waals surface area contributed by atoms with Crippen LogP contribution in [-0.4, -0.2) is 19.3 Å². The molecule has 1 aromatic carbocycles. The number of nitrogens with two attached hydrogens (primary N) is 1. The first-order valence-electron chi connectivity index (χ1n) is 6.88. The zero-order valence-electron chi connectivity index (χ0n) is 11.6. The number of nitrogen functional groups attached to an aromatic ring is 1. The van der Waals surface area contributed by atoms with E-state index in [-0.39, 0.29) is 0 Å². The van der Waals surface area contributed by atoms with Crippen molar-refractivity contribution in [2.24, 2.45) is 0 Å². The fourth-order valence-corrected chi connectivity index (χ4v) is 2.47. The van der Waals surface area contributed by atoms with Gasteiger partial charge in [-0.3, -0.25) is 4.68 Å². The van der Waals surface area contributed by atoms with Gasteiger partial charge in [-0.2, -0.15) is 10.4 Å². The van der Waals surface area contributed by atoms with E-state index in [0.717, 1.165) is 36.4 Å². The zero-order valence-corrected chi connectivity index (χ0v) is 11.6. The highest BCUT2D eigenvalue weighted by molar-refractivity contribution is 5.75. The number of aryl methyl sites for hydroxylation is 2. The van der Waals surface area contributed by atoms with E-state index >= 15 is 0 Å². The third-order valence-electron chi connectivity index (χ3n) is 3.40. The molecule has 6 heteroatoms. The van der Waals surface area contributed by atoms with Crippen LogP contribution in [0.3, 0.4) is 0 Å². The Labute approximate surface area is 122 Å². The Morgan fingerprint density at radius 2 is 2.05 bits per heavy atom. The summed E-state index contributed by atoms with van der Waals surface area (Å²) in [5.74, 6) is 1.35. The molecule has 2 heterocycles. The van der Waals surface area contributed by atoms with Gasteiger partial charge in [0.15, 0.2) is 0 Å². The second kappa shape index (κ2) is 5.67. The lowest BCUT2D eigenvalue weighted by Gasteiger charge is -2.07. The highest BCUT2D eigenvalue weighted by Gasteiger charge is 2.09. The van der Waals surface area contributed by atoms with Crippen LogP contribution >= 0.6 is 0 Å². The Hall–Kier alpha value is -2.81. The maximum atomic E-state index is 8.94. The first-order chi connectivity index (χ1) is 10.3. The van der Waals surface area contributed by atoms with E-state index in [1.165, 1.54) is 0 Å². The van der Waals surface area contributed by atoms with Gasteiger partial charge in [0.2, 0.25) is 0 Å². The van der Waals surface area contributed by atoms with Crippen LogP contribution in [0.4, 0.5) is 5.82 Å². The predicted molar refractivity (Wildman–Crippen MR) is 80.3 cm³/mol. The van der Waals surface area contributed by atoms with Gasteiger partial charge in [-0.15, -0.1) is 0 Å². The summed E-state index contributed by atoms with van der Waals surface area (Å²) >= 11 is 0. The lowest BCUT2D eigenvalue weighted by molar-refractivity contribution is 0.527. The average molecular weight is 280 g/mol. The number of hydrogen-bond donors (Lipinski definition) is 1. The van der Waals surface area contributed by atoms with Gasteiger partial charge in [0.1, 0.15) is 11.6 Å². The number of imidazole rings is 1. The Kier molecular flexibility index (Phi) is 3.56. The van der Waals surface area contributed by atoms with Crippen molar-refractivity contribution in [1.29, 1.82) is 5.26 Å². The third-order valence-corrected chi connectivity index (χ3v) is 3.40. The Morgan fingerprint density at radius 1 is 1.19 bits per heavy atom. The van der Waals surface area contributed by atoms with Crippen LogP contribution in [0.2, 0.25) is 0 Å². The molecule has 6 nitrogen and oxygen atoms in total. The largest absolute Gasteiger partial charge is 0.382 e. The highest BCUT2D eigenvalue weighted by Crippen LogP contribution is 2.17. The topological polar surface area (TPSA) is 85.5 Å². The lowest BCUT2D eigenvalue weighted by Crippen LogP contribution is -2.07. The molecule has 0 bridgehead atoms. The minimum Gasteiger partial charge on any atom is -0.382 e. The molecular weight excluding hydrogens is 264 g/mol. The van der Waals surface area contributed by atoms with Crippen LogP contribution in [0.5, 0.6) is 0 Å². The summed E-state index contributed by atoms with van der Waals surface area (Å²) in [6.45, 7) is 1.59. The number of para-hydroxylation sites is 2. The smallest absolute Gasteiger partial charge is 0.145 e. The number of rotatable bonds is 5. The van der Waals surface area contributed by atoms with E-state index in [1.807, 2.05) is 35.1 Å². The molecule has 3 aromatic rings. The first-order valence-corrected chi connectivity index (χ1v) is 6.88. The van der Waals surface area contributed by atoms with Crippen molar-refractivity contribution < 1.29 is 0 Å². The second-order valence-electron chi connectivity index (χ2n) is 4.86. The normalized spacial score (nSPS) is 10.8. The summed E-state index contributed by atoms with van der Waals surface area (Å²) < 4.78 is 3.95. The van der Waals surface area contributed by atoms with Crippen molar-refractivity contribution >= 4 is 16.9 Å². The molecule has 0 aliphatic carbocycles. The van der Waals surface area contributed by atoms with Crippen molar-refractivity contribution in [3.8, 4) is 6.07 Å². The minimum absolute atomic E-state index is 0.323. The molecular formula is C15H16N6. The third kappa shape index (κ3) is 2.72. The quantitative estimate of drug-likeness (QED) is 0.774. The number of nitrogens with zero attached hydrogens (tertiary/aromatic N) is 5. The van der Waals surface area contributed by atoms with Crippen LogP contribution in [0.1, 0.15) is 12.2 Å². The fraction of sp³-hybridized carbons (Fsp3) is 0.267. The molecule has 0 fully saturated rings. The molecule has 0 aliphatic heterocycles. The molecule has 0 atom stereocenters. The molecule has 0 spiro atoms. The van der Waals surface area contributed by atoms with Crippen LogP contribution in [0.25, 0.3) is 11.0 Å². The van der Waals surface area contributed by atoms with Gasteiger partial charge in [0.25, 0.3) is 0 Å². The average Bonchev–Trinajstić information content (AvgIpc) is 3.04. The number of anilines is 1. The SMILES string of the molecule is N#CCc1nc2ccccc2n1CCCn1ccc(N)n1. The molecule has 0 saturated carbocycles. The van der Waals surface area contributed by atoms with Crippen LogP contribution in [0, 0.1) is 11.3 Å². The van der Waals surface area contributed by atoms with E-state index in [0.29, 0.717) is 12.2 Å². The van der Waals surface area contributed by atoms with E-state index in [1.54, 1.807) is 6.07 Å². The molecule has 21 heavy (non-hydrogen) atoms. The van der Waals surface area contributed by atoms with Crippen molar-refractivity contribution in [3.63, 3.8) is 0 Å². The number of hydrogen-bond acceptors (Lipinski definition) is 4. The van der Waals surface area contributed by atoms with Crippen LogP contribution in [-0.2, 0) is 19.5 Å². The van der Waals surface area contributed by atoms with Gasteiger partial charge < -0.3 is 10.3 Å². The highest BCUT2D eigenvalue weighted by atomic mass is 15.3. The number of aromatic nitrogens is 4. The van der Waals surface area contributed by atoms with Gasteiger partial charge >= 0.3 is 0 Å². The van der Waals surface area contributed by atoms with Gasteiger partial charge in [-0.1, -0.05) is 12.1 Å². The summed E-state index contributed by atoms with van der Waals surface area (Å²) in [4.78, 5) is 4.53. The molecule has 3 rings (SSSR count). The summed E-state index contributed by atoms with van der Waals surface area (Å²) in [5.41, 5.74) is 7.61. The van der Waals surface area contributed by atoms with Gasteiger partial charge in [-0.25, -0.2) is 4.98 Å². The molecule has 0 aliphatic rings. The van der Waals surface area contributed by atoms with Gasteiger partial charge in [0.05, 0.1) is 23.5 Å². The minimum atomic E-state index is 0.323. The lowest BCUT2D eigenvalue weighted by atomic mass is 10.3. The molecule has 0 saturated heterocycles. The van der Waals surface area contributed by atoms with E-state index in [9.17, 15) is 0 Å². The maximum Gasteiger partial charge on any atom is 0.145 e. The molecule has 2 aromatic heterocycles. The monoisotopic (exact) mass is 280 g/mol. The molecule has 2 N–H and O–H groups in total. The maximum absolute atomic E-state index is 8.94. The standard InChI is InChI=1S/C15H16N6/c16-8-6-15-18-12-4-1-2-5-13(12)21(15)10-3-9-20-11-7-14(17)19-20/h1-2,4-5,7,11H,3,6,9-10H2,(H2,17,19). The first kappa shape index (κ1) is 13.2. The van der Waals surface area contributed by atoms with E-state index < -0.39 is 0 Å². The molecule has 0 unspecified atom stereocenters. The molecule has 106 valence electrons. The van der Waals surface area contributed by atoms with Crippen molar-refractivity contribution in [2.75, 3.05) is 5.73 Å². The Bertz CT molecular complexity index is 792. The summed E-state index contributed by atoms with van der Waals surface area (Å²) in [7, 11) is 0. The van der Waals surface area contributed by atoms with Crippen molar-refractivity contribution in [3.05, 3.63) is 42.4 Å². The van der Waals surface area contributed by atoms with Crippen molar-refractivity contribution in [1.82, 2.24) is 19.3 Å². The summed E-state index contributed by atoms with van der Waals surface area (Å²) in [5, 5.41) is 13.1. The summed E-state index contributed by atoms with van der Waals surface area (Å²) in [6.07, 6.45) is 3.10. The Morgan fingerprint density at radius 3 is 2.81 bits per heavy atom. The van der Waals surface area contributed by atoms with Crippen LogP contribution < -0.4 is 5.73 Å². The number of fused-ring (bicyclic) bond motifs is 1. The van der Waals surface area contributed by atoms with Gasteiger partial charge in [-0.05, 0) is 24.6 Å². The van der Waals surface area contributed by atoms with E-state index in [4.69, 9.17) is 11.0 Å². The van der Waals surface area contributed by atoms with Crippen LogP contribution in [0.15, 0.2) is 36.5 Å². The molecule has 0 amide bonds. The zero-order chi connectivity index (χ0) is 14.7. The summed E-state index contributed by atoms with van der Waals surface area (Å²) in [6, 6.07) is 11.9. The number of nitriles is 1. The fourth-order valence-electron chi connectivity index (χ4n) is 2.47. The Balaban J connectivity index is 1.78. The number of benzene rings is 1. The van der Waals surface area contributed by atoms with Crippen molar-refractivity contribution in [2.45, 2.75) is 25.9 Å². The van der Waals surface area contributed by atoms with Gasteiger partial charge in [0, 0.05) is 19.3 Å². The predicted octanol–water partition coefficient (Wildman–Crippen LogP) is 1.97. The van der Waals surface area contributed by atoms with E-state index in [2.05, 4.69) is 20.7 Å². The molecule has 0 radical (unpaired) electrons. The second-order valence-corrected chi connectivity index (χ2v) is 4.86.